The van der Waals surface area contributed by atoms with Crippen LogP contribution < -0.4 is 33.2 Å². The lowest BCUT2D eigenvalue weighted by atomic mass is 10.0. The Balaban J connectivity index is 0.000000364. The van der Waals surface area contributed by atoms with E-state index in [-0.39, 0.29) is 74.9 Å². The lowest BCUT2D eigenvalue weighted by molar-refractivity contribution is -0.385. The van der Waals surface area contributed by atoms with Gasteiger partial charge in [-0.05, 0) is 114 Å². The van der Waals surface area contributed by atoms with Crippen molar-refractivity contribution in [3.05, 3.63) is 244 Å². The van der Waals surface area contributed by atoms with E-state index in [1.54, 1.807) is 113 Å². The Morgan fingerprint density at radius 2 is 0.798 bits per heavy atom. The molecule has 5 atom stereocenters. The fourth-order valence-electron chi connectivity index (χ4n) is 8.87. The highest BCUT2D eigenvalue weighted by atomic mass is 79.9. The maximum absolute atomic E-state index is 13.5. The lowest BCUT2D eigenvalue weighted by Gasteiger charge is -2.25. The number of nitro groups is 4. The molecule has 0 saturated carbocycles. The number of benzene rings is 5. The van der Waals surface area contributed by atoms with Crippen molar-refractivity contribution < 1.29 is 48.3 Å². The van der Waals surface area contributed by atoms with Crippen LogP contribution in [0.4, 0.5) is 32.3 Å². The number of aryl methyl sites for hydroxylation is 3. The summed E-state index contributed by atoms with van der Waals surface area (Å²) in [6.07, 6.45) is 4.15. The normalized spacial score (nSPS) is 12.2. The second-order valence-corrected chi connectivity index (χ2v) is 28.6. The third-order valence-corrected chi connectivity index (χ3v) is 18.3. The molecule has 0 saturated heterocycles. The molecular weight excluding hydrogens is 1550 g/mol. The molecule has 9 N–H and O–H groups in total. The van der Waals surface area contributed by atoms with E-state index < -0.39 is 61.2 Å². The first kappa shape index (κ1) is 89.3. The number of carbonyl (C=O) groups excluding carboxylic acids is 4. The summed E-state index contributed by atoms with van der Waals surface area (Å²) in [7, 11) is 0. The van der Waals surface area contributed by atoms with Crippen molar-refractivity contribution in [1.82, 2.24) is 30.9 Å². The van der Waals surface area contributed by atoms with Gasteiger partial charge in [-0.3, -0.25) is 50.0 Å². The van der Waals surface area contributed by atoms with Gasteiger partial charge in [0.2, 0.25) is 5.91 Å². The average Bonchev–Trinajstić information content (AvgIpc) is 1.06. The minimum absolute atomic E-state index is 0. The van der Waals surface area contributed by atoms with Gasteiger partial charge in [0.25, 0.3) is 22.7 Å². The maximum atomic E-state index is 13.5. The Kier molecular flexibility index (Phi) is 38.3. The lowest BCUT2D eigenvalue weighted by Crippen LogP contribution is -2.50. The topological polar surface area (TPSA) is 412 Å². The fraction of sp³-hybridized carbons (Fsp3) is 0.380. The molecule has 3 amide bonds. The molecule has 3 heterocycles. The van der Waals surface area contributed by atoms with Crippen molar-refractivity contribution in [3.63, 3.8) is 0 Å². The van der Waals surface area contributed by atoms with Gasteiger partial charge in [0.1, 0.15) is 38.1 Å². The number of ether oxygens (including phenoxy) is 2. The van der Waals surface area contributed by atoms with E-state index in [9.17, 15) is 59.6 Å². The van der Waals surface area contributed by atoms with Crippen LogP contribution in [0.3, 0.4) is 0 Å². The second-order valence-electron chi connectivity index (χ2n) is 24.9. The predicted molar refractivity (Wildman–Crippen MR) is 419 cm³/mol. The third-order valence-electron chi connectivity index (χ3n) is 14.3. The predicted octanol–water partition coefficient (Wildman–Crippen LogP) is 15.1. The molecule has 0 bridgehead atoms. The number of thiazole rings is 3. The molecule has 8 aromatic rings. The average molecular weight is 1640 g/mol. The number of amides is 3. The molecular formula is C71H89Br2N13O14S4. The second kappa shape index (κ2) is 44.6. The Hall–Kier alpha value is -8.96. The maximum Gasteiger partial charge on any atom is 0.408 e. The van der Waals surface area contributed by atoms with Crippen LogP contribution in [0, 0.1) is 40.5 Å². The highest BCUT2D eigenvalue weighted by molar-refractivity contribution is 9.09. The van der Waals surface area contributed by atoms with Crippen molar-refractivity contribution in [2.45, 2.75) is 168 Å². The van der Waals surface area contributed by atoms with E-state index in [4.69, 9.17) is 38.9 Å². The van der Waals surface area contributed by atoms with Gasteiger partial charge in [0.15, 0.2) is 0 Å². The zero-order chi connectivity index (χ0) is 76.6. The molecule has 27 nitrogen and oxygen atoms in total. The van der Waals surface area contributed by atoms with Crippen LogP contribution in [-0.4, -0.2) is 92.1 Å². The van der Waals surface area contributed by atoms with Gasteiger partial charge in [0.05, 0.1) is 71.3 Å². The van der Waals surface area contributed by atoms with Gasteiger partial charge in [-0.25, -0.2) is 24.5 Å². The highest BCUT2D eigenvalue weighted by Gasteiger charge is 2.29. The molecule has 0 fully saturated rings. The largest absolute Gasteiger partial charge is 0.444 e. The summed E-state index contributed by atoms with van der Waals surface area (Å²) in [6, 6.07) is 32.3. The number of alkyl halides is 1. The quantitative estimate of drug-likeness (QED) is 0.0120. The van der Waals surface area contributed by atoms with Crippen LogP contribution in [0.2, 0.25) is 0 Å². The number of alkyl carbamates (subject to hydrolysis) is 2. The number of carbonyl (C=O) groups is 4. The number of ketones is 1. The summed E-state index contributed by atoms with van der Waals surface area (Å²) in [6.45, 7) is 18.5. The molecule has 0 aliphatic carbocycles. The number of rotatable bonds is 27. The van der Waals surface area contributed by atoms with Crippen LogP contribution in [0.25, 0.3) is 0 Å². The molecule has 104 heavy (non-hydrogen) atoms. The molecule has 8 rings (SSSR count). The van der Waals surface area contributed by atoms with Crippen molar-refractivity contribution in [2.24, 2.45) is 17.2 Å². The van der Waals surface area contributed by atoms with Crippen LogP contribution in [0.5, 0.6) is 0 Å². The first-order valence-corrected chi connectivity index (χ1v) is 36.8. The van der Waals surface area contributed by atoms with Crippen LogP contribution in [-0.2, 0) is 70.4 Å². The Bertz CT molecular complexity index is 3930. The number of nitrogens with one attached hydrogen (secondary N) is 3. The first-order valence-electron chi connectivity index (χ1n) is 32.6. The number of hydrogen-bond acceptors (Lipinski definition) is 23. The summed E-state index contributed by atoms with van der Waals surface area (Å²) in [5.41, 5.74) is 24.1. The number of nitrogens with two attached hydrogens (primary N) is 3. The van der Waals surface area contributed by atoms with Gasteiger partial charge in [0, 0.05) is 77.5 Å². The molecule has 0 aliphatic heterocycles. The number of nitrogens with zero attached hydrogens (tertiary/aromatic N) is 7. The van der Waals surface area contributed by atoms with Gasteiger partial charge < -0.3 is 42.6 Å². The van der Waals surface area contributed by atoms with Gasteiger partial charge in [-0.1, -0.05) is 135 Å². The zero-order valence-electron chi connectivity index (χ0n) is 59.3. The standard InChI is InChI=1S/C27H32N4O5S.C14H19N3O4S.2C13H15N3O2S.C4H7BrO.BrH/c1-5-20-17-37-25(28-20)23(16-19-11-13-21(14-12-19)31(34)35)29-24(32)22(15-18-9-7-6-8-10-18)30-26(33)36-27(2,3)4;1-14(2,3)21-13(18)16-11(12(15)22)8-9-4-6-10(7-5-9)17(19)20;2*1-2-10-8-19-13(15-10)12(14)7-9-3-5-11(6-4-9)16(17)18;1-2-4(6)3-5;/h6-14,17,22-23H,5,15-16H2,1-4H3,(H,29,32)(H,30,33);4-7,11H,8H2,1-3H3,(H2,15,22)(H,16,18);2*3-6,8,12H,2,7,14H2,1H3;2-3H2,1H3;1H/t22-,23-;11-;2*12-;;/m0000../s1. The van der Waals surface area contributed by atoms with Gasteiger partial charge in [-0.15, -0.1) is 51.0 Å². The zero-order valence-corrected chi connectivity index (χ0v) is 65.9. The third kappa shape index (κ3) is 33.2. The first-order chi connectivity index (χ1) is 48.6. The molecule has 3 aromatic heterocycles. The van der Waals surface area contributed by atoms with E-state index in [2.05, 4.69) is 60.7 Å². The SMILES string of the molecule is Br.CC(C)(C)OC(=O)N[C@@H](Cc1ccc([N+](=O)[O-])cc1)C(N)=S.CCC(=O)CBr.CCc1csc([C@@H](N)Cc2ccc([N+](=O)[O-])cc2)n1.CCc1csc([C@@H](N)Cc2ccc([N+](=O)[O-])cc2)n1.CCc1csc([C@H](Cc2ccc([N+](=O)[O-])cc2)NC(=O)[C@H](Cc2ccccc2)NC(=O)OC(C)(C)C)n1. The van der Waals surface area contributed by atoms with Crippen LogP contribution in [0.1, 0.15) is 154 Å². The fourth-order valence-corrected chi connectivity index (χ4v) is 12.2. The van der Waals surface area contributed by atoms with E-state index in [0.717, 1.165) is 79.2 Å². The smallest absolute Gasteiger partial charge is 0.408 e. The molecule has 33 heteroatoms. The summed E-state index contributed by atoms with van der Waals surface area (Å²) in [5, 5.41) is 60.2. The number of hydrogen-bond donors (Lipinski definition) is 6. The number of Topliss-reactive ketones (excluding diaryl/α,β-unsaturated/α-hetero) is 1. The molecule has 0 radical (unpaired) electrons. The minimum atomic E-state index is -0.887. The summed E-state index contributed by atoms with van der Waals surface area (Å²) >= 11 is 12.5. The number of halogens is 2. The van der Waals surface area contributed by atoms with Crippen molar-refractivity contribution in [1.29, 1.82) is 0 Å². The van der Waals surface area contributed by atoms with Crippen LogP contribution in [0.15, 0.2) is 144 Å². The van der Waals surface area contributed by atoms with E-state index in [1.807, 2.05) is 60.3 Å². The number of thiocarbonyl (C=S) groups is 1. The Morgan fingerprint density at radius 3 is 1.10 bits per heavy atom. The van der Waals surface area contributed by atoms with E-state index >= 15 is 0 Å². The summed E-state index contributed by atoms with van der Waals surface area (Å²) in [4.78, 5) is 103. The van der Waals surface area contributed by atoms with Gasteiger partial charge >= 0.3 is 12.2 Å². The number of aromatic nitrogens is 3. The highest BCUT2D eigenvalue weighted by Crippen LogP contribution is 2.27. The molecule has 0 aliphatic rings. The van der Waals surface area contributed by atoms with Gasteiger partial charge in [-0.2, -0.15) is 0 Å². The number of non-ortho nitro benzene ring substituents is 4. The molecule has 560 valence electrons. The monoisotopic (exact) mass is 1630 g/mol. The molecule has 0 unspecified atom stereocenters. The minimum Gasteiger partial charge on any atom is -0.444 e. The Labute approximate surface area is 640 Å². The summed E-state index contributed by atoms with van der Waals surface area (Å²) in [5.74, 6) is -0.120. The Morgan fingerprint density at radius 1 is 0.490 bits per heavy atom. The van der Waals surface area contributed by atoms with E-state index in [0.29, 0.717) is 37.4 Å². The van der Waals surface area contributed by atoms with E-state index in [1.165, 1.54) is 59.9 Å². The number of nitro benzene ring substituents is 4. The summed E-state index contributed by atoms with van der Waals surface area (Å²) < 4.78 is 10.5. The molecule has 5 aromatic carbocycles. The van der Waals surface area contributed by atoms with Crippen LogP contribution >= 0.6 is 79.1 Å². The molecule has 0 spiro atoms. The van der Waals surface area contributed by atoms with Crippen molar-refractivity contribution >= 4 is 131 Å². The van der Waals surface area contributed by atoms with Crippen molar-refractivity contribution in [2.75, 3.05) is 5.33 Å². The van der Waals surface area contributed by atoms with Crippen molar-refractivity contribution in [3.8, 4) is 0 Å².